The third kappa shape index (κ3) is 7.31. The zero-order valence-corrected chi connectivity index (χ0v) is 22.9. The average Bonchev–Trinajstić information content (AvgIpc) is 2.96. The minimum absolute atomic E-state index is 0.0391. The molecule has 1 saturated carbocycles. The van der Waals surface area contributed by atoms with Crippen LogP contribution in [-0.4, -0.2) is 47.3 Å². The van der Waals surface area contributed by atoms with Gasteiger partial charge >= 0.3 is 5.97 Å². The van der Waals surface area contributed by atoms with Crippen molar-refractivity contribution in [1.29, 1.82) is 0 Å². The Kier molecular flexibility index (Phi) is 8.95. The van der Waals surface area contributed by atoms with Crippen LogP contribution in [0.3, 0.4) is 0 Å². The lowest BCUT2D eigenvalue weighted by atomic mass is 9.94. The Balaban J connectivity index is 1.75. The highest BCUT2D eigenvalue weighted by molar-refractivity contribution is 8.00. The lowest BCUT2D eigenvalue weighted by Crippen LogP contribution is -2.37. The van der Waals surface area contributed by atoms with Gasteiger partial charge in [0.15, 0.2) is 5.50 Å². The van der Waals surface area contributed by atoms with Crippen LogP contribution in [0.25, 0.3) is 0 Å². The van der Waals surface area contributed by atoms with Gasteiger partial charge in [-0.3, -0.25) is 4.79 Å². The van der Waals surface area contributed by atoms with Crippen LogP contribution in [0.15, 0.2) is 46.2 Å². The first-order chi connectivity index (χ1) is 18.2. The van der Waals surface area contributed by atoms with Gasteiger partial charge in [-0.15, -0.1) is 11.8 Å². The van der Waals surface area contributed by atoms with Crippen molar-refractivity contribution >= 4 is 40.9 Å². The number of anilines is 2. The summed E-state index contributed by atoms with van der Waals surface area (Å²) in [4.78, 5) is 14.2. The zero-order valence-electron chi connectivity index (χ0n) is 21.3. The van der Waals surface area contributed by atoms with Gasteiger partial charge in [0.1, 0.15) is 18.2 Å². The molecule has 1 heterocycles. The second kappa shape index (κ2) is 11.7. The summed E-state index contributed by atoms with van der Waals surface area (Å²) >= 11 is 2.01. The molecule has 12 heteroatoms. The number of nitrogens with zero attached hydrogens (tertiary/aromatic N) is 1. The average molecular weight is 594 g/mol. The van der Waals surface area contributed by atoms with Gasteiger partial charge in [-0.2, -0.15) is 0 Å². The van der Waals surface area contributed by atoms with Gasteiger partial charge in [0, 0.05) is 47.6 Å². The number of rotatable bonds is 10. The van der Waals surface area contributed by atoms with E-state index in [-0.39, 0.29) is 38.2 Å². The Hall–Kier alpha value is -2.21. The number of carbonyl (C=O) groups is 1. The normalized spacial score (nSPS) is 21.3. The number of ether oxygens (including phenoxy) is 1. The number of benzene rings is 2. The smallest absolute Gasteiger partial charge is 0.312 e. The number of carboxylic acid groups (broad SMARTS) is 1. The van der Waals surface area contributed by atoms with E-state index in [1.807, 2.05) is 0 Å². The first kappa shape index (κ1) is 29.8. The van der Waals surface area contributed by atoms with Gasteiger partial charge < -0.3 is 14.7 Å². The molecule has 2 atom stereocenters. The van der Waals surface area contributed by atoms with Gasteiger partial charge in [-0.1, -0.05) is 11.8 Å². The molecule has 0 bridgehead atoms. The molecule has 39 heavy (non-hydrogen) atoms. The standard InChI is InChI=1S/C27H29F6NO3S2/c1-26(2,25(35)36)14-37-20-10-21-19(9-22(20)38-18-11-27(32,33)12-18)34(17-6-4-16(28)5-7-17)13-15(24(31)39-21)3-8-23(29)30/h4-7,9-10,15,18,23-24H,3,8,11-14H2,1-2H3,(H,35,36). The third-order valence-electron chi connectivity index (χ3n) is 6.75. The monoisotopic (exact) mass is 593 g/mol. The summed E-state index contributed by atoms with van der Waals surface area (Å²) in [5, 5.41) is 9.09. The van der Waals surface area contributed by atoms with Crippen LogP contribution in [0.5, 0.6) is 5.75 Å². The summed E-state index contributed by atoms with van der Waals surface area (Å²) in [6, 6.07) is 8.72. The summed E-state index contributed by atoms with van der Waals surface area (Å²) < 4.78 is 88.3. The predicted octanol–water partition coefficient (Wildman–Crippen LogP) is 8.41. The van der Waals surface area contributed by atoms with E-state index in [0.29, 0.717) is 21.2 Å². The molecular formula is C27H29F6NO3S2. The van der Waals surface area contributed by atoms with Crippen molar-refractivity contribution in [2.45, 2.75) is 72.4 Å². The Bertz CT molecular complexity index is 1170. The second-order valence-electron chi connectivity index (χ2n) is 10.5. The number of fused-ring (bicyclic) bond motifs is 1. The minimum atomic E-state index is -2.76. The molecule has 4 nitrogen and oxygen atoms in total. The maximum Gasteiger partial charge on any atom is 0.312 e. The third-order valence-corrected chi connectivity index (χ3v) is 9.18. The summed E-state index contributed by atoms with van der Waals surface area (Å²) in [5.74, 6) is -4.88. The molecule has 4 rings (SSSR count). The molecule has 1 aliphatic carbocycles. The van der Waals surface area contributed by atoms with E-state index >= 15 is 4.39 Å². The van der Waals surface area contributed by atoms with E-state index in [0.717, 1.165) is 11.8 Å². The molecular weight excluding hydrogens is 564 g/mol. The van der Waals surface area contributed by atoms with Crippen molar-refractivity contribution in [2.24, 2.45) is 11.3 Å². The highest BCUT2D eigenvalue weighted by atomic mass is 32.2. The van der Waals surface area contributed by atoms with Gasteiger partial charge in [0.25, 0.3) is 0 Å². The van der Waals surface area contributed by atoms with Crippen molar-refractivity contribution < 1.29 is 41.0 Å². The van der Waals surface area contributed by atoms with Gasteiger partial charge in [-0.05, 0) is 56.7 Å². The predicted molar refractivity (Wildman–Crippen MR) is 140 cm³/mol. The number of halogens is 6. The number of hydrogen-bond donors (Lipinski definition) is 1. The first-order valence-electron chi connectivity index (χ1n) is 12.4. The summed E-state index contributed by atoms with van der Waals surface area (Å²) in [6.07, 6.45) is -3.80. The molecule has 2 aromatic carbocycles. The van der Waals surface area contributed by atoms with E-state index in [9.17, 15) is 31.9 Å². The number of hydrogen-bond acceptors (Lipinski definition) is 5. The molecule has 1 fully saturated rings. The second-order valence-corrected chi connectivity index (χ2v) is 13.0. The van der Waals surface area contributed by atoms with E-state index in [1.54, 1.807) is 17.0 Å². The van der Waals surface area contributed by atoms with Crippen molar-refractivity contribution in [1.82, 2.24) is 0 Å². The van der Waals surface area contributed by atoms with Crippen LogP contribution in [0, 0.1) is 17.2 Å². The number of aliphatic carboxylic acids is 1. The van der Waals surface area contributed by atoms with Gasteiger partial charge in [0.2, 0.25) is 12.3 Å². The van der Waals surface area contributed by atoms with Crippen molar-refractivity contribution in [3.63, 3.8) is 0 Å². The quantitative estimate of drug-likeness (QED) is 0.279. The fourth-order valence-electron chi connectivity index (χ4n) is 4.29. The van der Waals surface area contributed by atoms with E-state index in [1.165, 1.54) is 49.9 Å². The van der Waals surface area contributed by atoms with E-state index < -0.39 is 52.6 Å². The Morgan fingerprint density at radius 3 is 2.49 bits per heavy atom. The van der Waals surface area contributed by atoms with Crippen molar-refractivity contribution in [3.8, 4) is 5.75 Å². The SMILES string of the molecule is CC(C)(COc1cc2c(cc1SC1CC(F)(F)C1)N(c1ccc(F)cc1)CC(CCC(F)F)C(F)S2)C(=O)O. The molecule has 1 aliphatic heterocycles. The lowest BCUT2D eigenvalue weighted by Gasteiger charge is -2.35. The molecule has 0 saturated heterocycles. The Morgan fingerprint density at radius 1 is 1.23 bits per heavy atom. The molecule has 1 N–H and O–H groups in total. The summed E-state index contributed by atoms with van der Waals surface area (Å²) in [6.45, 7) is 2.78. The maximum atomic E-state index is 15.5. The summed E-state index contributed by atoms with van der Waals surface area (Å²) in [7, 11) is 0. The van der Waals surface area contributed by atoms with E-state index in [4.69, 9.17) is 4.74 Å². The highest BCUT2D eigenvalue weighted by Crippen LogP contribution is 2.52. The molecule has 2 aliphatic rings. The van der Waals surface area contributed by atoms with Crippen LogP contribution in [0.4, 0.5) is 37.7 Å². The van der Waals surface area contributed by atoms with Crippen LogP contribution < -0.4 is 9.64 Å². The maximum absolute atomic E-state index is 15.5. The molecule has 0 amide bonds. The van der Waals surface area contributed by atoms with Crippen molar-refractivity contribution in [2.75, 3.05) is 18.1 Å². The topological polar surface area (TPSA) is 49.8 Å². The minimum Gasteiger partial charge on any atom is -0.491 e. The molecule has 214 valence electrons. The van der Waals surface area contributed by atoms with Gasteiger partial charge in [0.05, 0.1) is 16.0 Å². The van der Waals surface area contributed by atoms with Gasteiger partial charge in [-0.25, -0.2) is 26.3 Å². The van der Waals surface area contributed by atoms with Crippen LogP contribution in [-0.2, 0) is 4.79 Å². The van der Waals surface area contributed by atoms with Crippen LogP contribution >= 0.6 is 23.5 Å². The number of thioether (sulfide) groups is 2. The molecule has 0 radical (unpaired) electrons. The Labute approximate surface area is 231 Å². The first-order valence-corrected chi connectivity index (χ1v) is 14.2. The number of carboxylic acids is 1. The largest absolute Gasteiger partial charge is 0.491 e. The lowest BCUT2D eigenvalue weighted by molar-refractivity contribution is -0.148. The van der Waals surface area contributed by atoms with Crippen molar-refractivity contribution in [3.05, 3.63) is 42.2 Å². The fourth-order valence-corrected chi connectivity index (χ4v) is 6.84. The van der Waals surface area contributed by atoms with Crippen LogP contribution in [0.1, 0.15) is 39.5 Å². The molecule has 0 aromatic heterocycles. The molecule has 0 spiro atoms. The van der Waals surface area contributed by atoms with Crippen LogP contribution in [0.2, 0.25) is 0 Å². The Morgan fingerprint density at radius 2 is 1.90 bits per heavy atom. The molecule has 2 unspecified atom stereocenters. The fraction of sp³-hybridized carbons (Fsp3) is 0.519. The van der Waals surface area contributed by atoms with E-state index in [2.05, 4.69) is 0 Å². The zero-order chi connectivity index (χ0) is 28.5. The molecule has 2 aromatic rings. The number of alkyl halides is 5. The highest BCUT2D eigenvalue weighted by Gasteiger charge is 2.46. The summed E-state index contributed by atoms with van der Waals surface area (Å²) in [5.41, 5.74) is -1.78.